The number of hydrogen-bond donors (Lipinski definition) is 2. The molecule has 2 aromatic heterocycles. The van der Waals surface area contributed by atoms with E-state index in [1.807, 2.05) is 12.1 Å². The molecule has 8 nitrogen and oxygen atoms in total. The van der Waals surface area contributed by atoms with Gasteiger partial charge in [0.2, 0.25) is 11.7 Å². The van der Waals surface area contributed by atoms with Gasteiger partial charge in [-0.15, -0.1) is 0 Å². The Balaban J connectivity index is 1.56. The summed E-state index contributed by atoms with van der Waals surface area (Å²) in [6.45, 7) is 1.52. The molecule has 5 rings (SSSR count). The summed E-state index contributed by atoms with van der Waals surface area (Å²) in [6, 6.07) is 7.18. The molecule has 1 unspecified atom stereocenters. The Kier molecular flexibility index (Phi) is 3.87. The number of methoxy groups -OCH3 is 1. The molecule has 1 atom stereocenters. The Morgan fingerprint density at radius 1 is 1.25 bits per heavy atom. The summed E-state index contributed by atoms with van der Waals surface area (Å²) in [5.41, 5.74) is 3.46. The first-order valence-corrected chi connectivity index (χ1v) is 9.15. The minimum absolute atomic E-state index is 0.0105. The zero-order valence-electron chi connectivity index (χ0n) is 15.2. The summed E-state index contributed by atoms with van der Waals surface area (Å²) >= 11 is 0. The smallest absolute Gasteiger partial charge is 0.259 e. The average molecular weight is 378 g/mol. The van der Waals surface area contributed by atoms with Gasteiger partial charge in [0.1, 0.15) is 5.75 Å². The van der Waals surface area contributed by atoms with Crippen molar-refractivity contribution >= 4 is 5.78 Å². The molecule has 0 spiro atoms. The minimum Gasteiger partial charge on any atom is -0.496 e. The monoisotopic (exact) mass is 378 g/mol. The number of aromatic amines is 1. The van der Waals surface area contributed by atoms with Gasteiger partial charge in [0.15, 0.2) is 5.78 Å². The predicted molar refractivity (Wildman–Crippen MR) is 99.5 cm³/mol. The van der Waals surface area contributed by atoms with E-state index in [1.165, 1.54) is 0 Å². The van der Waals surface area contributed by atoms with E-state index in [9.17, 15) is 9.59 Å². The van der Waals surface area contributed by atoms with Crippen LogP contribution < -0.4 is 15.6 Å². The molecule has 3 heterocycles. The zero-order valence-corrected chi connectivity index (χ0v) is 15.2. The molecule has 8 heteroatoms. The van der Waals surface area contributed by atoms with Gasteiger partial charge >= 0.3 is 0 Å². The number of rotatable bonds is 3. The van der Waals surface area contributed by atoms with Gasteiger partial charge in [-0.1, -0.05) is 17.3 Å². The Labute approximate surface area is 159 Å². The van der Waals surface area contributed by atoms with Gasteiger partial charge < -0.3 is 19.6 Å². The fraction of sp³-hybridized carbons (Fsp3) is 0.300. The van der Waals surface area contributed by atoms with Crippen molar-refractivity contribution in [3.63, 3.8) is 0 Å². The second-order valence-corrected chi connectivity index (χ2v) is 7.00. The topological polar surface area (TPSA) is 110 Å². The van der Waals surface area contributed by atoms with Crippen molar-refractivity contribution in [2.45, 2.75) is 25.3 Å². The molecule has 1 aliphatic heterocycles. The van der Waals surface area contributed by atoms with E-state index < -0.39 is 0 Å². The van der Waals surface area contributed by atoms with Crippen molar-refractivity contribution < 1.29 is 14.1 Å². The molecule has 0 radical (unpaired) electrons. The number of pyridine rings is 1. The number of benzene rings is 1. The van der Waals surface area contributed by atoms with Gasteiger partial charge in [-0.05, 0) is 17.7 Å². The number of nitrogens with zero attached hydrogens (tertiary/aromatic N) is 2. The molecule has 28 heavy (non-hydrogen) atoms. The Morgan fingerprint density at radius 2 is 2.14 bits per heavy atom. The second kappa shape index (κ2) is 6.42. The van der Waals surface area contributed by atoms with Gasteiger partial charge in [0, 0.05) is 42.8 Å². The van der Waals surface area contributed by atoms with Crippen LogP contribution in [-0.2, 0) is 13.0 Å². The lowest BCUT2D eigenvalue weighted by Crippen LogP contribution is -2.27. The third kappa shape index (κ3) is 2.56. The quantitative estimate of drug-likeness (QED) is 0.715. The highest BCUT2D eigenvalue weighted by Crippen LogP contribution is 2.42. The second-order valence-electron chi connectivity index (χ2n) is 7.00. The van der Waals surface area contributed by atoms with E-state index in [0.717, 1.165) is 29.8 Å². The van der Waals surface area contributed by atoms with Crippen molar-refractivity contribution in [3.05, 3.63) is 62.9 Å². The summed E-state index contributed by atoms with van der Waals surface area (Å²) in [5, 5.41) is 7.30. The zero-order chi connectivity index (χ0) is 19.3. The third-order valence-corrected chi connectivity index (χ3v) is 5.39. The van der Waals surface area contributed by atoms with E-state index in [-0.39, 0.29) is 29.5 Å². The molecule has 2 N–H and O–H groups in total. The van der Waals surface area contributed by atoms with E-state index >= 15 is 0 Å². The van der Waals surface area contributed by atoms with Gasteiger partial charge in [-0.3, -0.25) is 9.59 Å². The number of carbonyl (C=O) groups excluding carboxylic acids is 1. The van der Waals surface area contributed by atoms with Gasteiger partial charge in [-0.2, -0.15) is 4.98 Å². The van der Waals surface area contributed by atoms with Crippen molar-refractivity contribution in [1.82, 2.24) is 20.4 Å². The van der Waals surface area contributed by atoms with Crippen LogP contribution in [0.25, 0.3) is 11.4 Å². The maximum absolute atomic E-state index is 12.5. The number of Topliss-reactive ketones (excluding diaryl/α,β-unsaturated/α-hetero) is 1. The molecular weight excluding hydrogens is 360 g/mol. The summed E-state index contributed by atoms with van der Waals surface area (Å²) in [6.07, 6.45) is 1.02. The summed E-state index contributed by atoms with van der Waals surface area (Å²) < 4.78 is 10.9. The molecule has 1 aromatic carbocycles. The number of nitrogens with one attached hydrogen (secondary N) is 2. The van der Waals surface area contributed by atoms with E-state index in [1.54, 1.807) is 19.2 Å². The van der Waals surface area contributed by atoms with Gasteiger partial charge in [0.05, 0.1) is 18.6 Å². The number of H-pyrrole nitrogens is 1. The molecule has 1 aliphatic carbocycles. The number of aromatic nitrogens is 3. The number of carbonyl (C=O) groups is 1. The van der Waals surface area contributed by atoms with Gasteiger partial charge in [0.25, 0.3) is 5.56 Å². The summed E-state index contributed by atoms with van der Waals surface area (Å²) in [4.78, 5) is 32.3. The summed E-state index contributed by atoms with van der Waals surface area (Å²) in [5.74, 6) is 0.780. The normalized spacial score (nSPS) is 18.0. The minimum atomic E-state index is -0.377. The number of ether oxygens (including phenoxy) is 1. The SMILES string of the molecule is COc1cccc2c1C(c1nc(-c3cc4c([nH]c3=O)CCNC4)no1)CC2=O. The standard InChI is InChI=1S/C20H18N4O4/c1-27-16-4-2-3-11-15(25)8-12(17(11)16)20-23-18(24-28-20)13-7-10-9-21-6-5-14(10)22-19(13)26/h2-4,7,12,21H,5-6,8-9H2,1H3,(H,22,26). The van der Waals surface area contributed by atoms with Crippen molar-refractivity contribution in [3.8, 4) is 17.1 Å². The largest absolute Gasteiger partial charge is 0.496 e. The highest BCUT2D eigenvalue weighted by atomic mass is 16.5. The van der Waals surface area contributed by atoms with Gasteiger partial charge in [-0.25, -0.2) is 0 Å². The Morgan fingerprint density at radius 3 is 3.00 bits per heavy atom. The lowest BCUT2D eigenvalue weighted by atomic mass is 10.00. The van der Waals surface area contributed by atoms with Crippen LogP contribution in [0.2, 0.25) is 0 Å². The molecule has 0 fully saturated rings. The van der Waals surface area contributed by atoms with E-state index in [0.29, 0.717) is 29.3 Å². The predicted octanol–water partition coefficient (Wildman–Crippen LogP) is 1.80. The lowest BCUT2D eigenvalue weighted by molar-refractivity contribution is 0.0988. The van der Waals surface area contributed by atoms with E-state index in [4.69, 9.17) is 9.26 Å². The summed E-state index contributed by atoms with van der Waals surface area (Å²) in [7, 11) is 1.56. The first kappa shape index (κ1) is 16.9. The first-order valence-electron chi connectivity index (χ1n) is 9.15. The third-order valence-electron chi connectivity index (χ3n) is 5.39. The van der Waals surface area contributed by atoms with Crippen LogP contribution in [0.4, 0.5) is 0 Å². The van der Waals surface area contributed by atoms with Crippen molar-refractivity contribution in [2.75, 3.05) is 13.7 Å². The van der Waals surface area contributed by atoms with Crippen LogP contribution in [0.3, 0.4) is 0 Å². The number of ketones is 1. The van der Waals surface area contributed by atoms with E-state index in [2.05, 4.69) is 20.4 Å². The van der Waals surface area contributed by atoms with Crippen LogP contribution >= 0.6 is 0 Å². The van der Waals surface area contributed by atoms with Crippen molar-refractivity contribution in [2.24, 2.45) is 0 Å². The molecule has 2 aliphatic rings. The Bertz CT molecular complexity index is 1150. The molecule has 0 bridgehead atoms. The highest BCUT2D eigenvalue weighted by molar-refractivity contribution is 6.02. The van der Waals surface area contributed by atoms with Crippen LogP contribution in [0.5, 0.6) is 5.75 Å². The van der Waals surface area contributed by atoms with Crippen LogP contribution in [-0.4, -0.2) is 34.6 Å². The van der Waals surface area contributed by atoms with Crippen molar-refractivity contribution in [1.29, 1.82) is 0 Å². The lowest BCUT2D eigenvalue weighted by Gasteiger charge is -2.16. The fourth-order valence-electron chi connectivity index (χ4n) is 4.01. The van der Waals surface area contributed by atoms with Crippen LogP contribution in [0.1, 0.15) is 45.4 Å². The number of hydrogen-bond acceptors (Lipinski definition) is 7. The maximum Gasteiger partial charge on any atom is 0.259 e. The molecule has 0 saturated heterocycles. The Hall–Kier alpha value is -3.26. The highest BCUT2D eigenvalue weighted by Gasteiger charge is 2.37. The number of fused-ring (bicyclic) bond motifs is 2. The first-order chi connectivity index (χ1) is 13.7. The molecule has 0 saturated carbocycles. The van der Waals surface area contributed by atoms with Crippen LogP contribution in [0, 0.1) is 0 Å². The molecular formula is C20H18N4O4. The fourth-order valence-corrected chi connectivity index (χ4v) is 4.01. The maximum atomic E-state index is 12.5. The molecule has 0 amide bonds. The van der Waals surface area contributed by atoms with Crippen LogP contribution in [0.15, 0.2) is 33.6 Å². The molecule has 3 aromatic rings. The molecule has 142 valence electrons. The average Bonchev–Trinajstić information content (AvgIpc) is 3.32.